The number of carbonyl (C=O) groups is 4. The van der Waals surface area contributed by atoms with E-state index in [1.807, 2.05) is 6.07 Å². The number of nitrogens with zero attached hydrogens (tertiary/aromatic N) is 4. The molecular weight excluding hydrogens is 552 g/mol. The summed E-state index contributed by atoms with van der Waals surface area (Å²) in [5.41, 5.74) is -1.72. The lowest BCUT2D eigenvalue weighted by molar-refractivity contribution is -0.175. The van der Waals surface area contributed by atoms with Crippen LogP contribution in [0.15, 0.2) is 12.3 Å². The van der Waals surface area contributed by atoms with Crippen molar-refractivity contribution < 1.29 is 41.5 Å². The summed E-state index contributed by atoms with van der Waals surface area (Å²) in [7, 11) is 1.29. The zero-order chi connectivity index (χ0) is 29.7. The molecule has 5 rings (SSSR count). The number of nitrogens with one attached hydrogen (secondary N) is 2. The predicted molar refractivity (Wildman–Crippen MR) is 131 cm³/mol. The number of anilines is 1. The molecule has 0 radical (unpaired) electrons. The second kappa shape index (κ2) is 10.5. The fourth-order valence-electron chi connectivity index (χ4n) is 5.36. The molecule has 15 heteroatoms. The first-order chi connectivity index (χ1) is 19.3. The summed E-state index contributed by atoms with van der Waals surface area (Å²) in [4.78, 5) is 58.1. The minimum absolute atomic E-state index is 0.000986. The number of aromatic nitrogens is 1. The molecule has 1 saturated heterocycles. The van der Waals surface area contributed by atoms with E-state index in [2.05, 4.69) is 10.3 Å². The minimum Gasteiger partial charge on any atom is -0.471 e. The number of pyridine rings is 1. The molecule has 4 aliphatic rings. The van der Waals surface area contributed by atoms with Gasteiger partial charge in [-0.05, 0) is 24.7 Å². The van der Waals surface area contributed by atoms with Crippen LogP contribution in [-0.2, 0) is 19.2 Å². The SMILES string of the molecule is CN(C(=O)[C@H](CC1CC1)NC(=O)C(F)(F)F)[C@@H](CC1CC1)C(=O)N1C[C@@]2(C[C@H]1C#N)Oc1cc(F)cnc1NC2=O. The number of hydrogen-bond acceptors (Lipinski definition) is 7. The Morgan fingerprint density at radius 1 is 1.27 bits per heavy atom. The Hall–Kier alpha value is -3.96. The van der Waals surface area contributed by atoms with Gasteiger partial charge in [-0.3, -0.25) is 19.2 Å². The number of likely N-dealkylation sites (tertiary alicyclic amines) is 1. The molecule has 4 amide bonds. The third kappa shape index (κ3) is 5.91. The summed E-state index contributed by atoms with van der Waals surface area (Å²) in [6, 6.07) is -0.790. The van der Waals surface area contributed by atoms with Crippen LogP contribution in [0.1, 0.15) is 44.9 Å². The number of carbonyl (C=O) groups excluding carboxylic acids is 4. The van der Waals surface area contributed by atoms with Gasteiger partial charge in [0.2, 0.25) is 17.4 Å². The number of rotatable bonds is 8. The molecule has 2 aliphatic carbocycles. The van der Waals surface area contributed by atoms with Gasteiger partial charge in [0.25, 0.3) is 5.91 Å². The van der Waals surface area contributed by atoms with Gasteiger partial charge in [-0.1, -0.05) is 25.7 Å². The van der Waals surface area contributed by atoms with Gasteiger partial charge in [-0.15, -0.1) is 0 Å². The van der Waals surface area contributed by atoms with Crippen molar-refractivity contribution in [1.82, 2.24) is 20.1 Å². The lowest BCUT2D eigenvalue weighted by Crippen LogP contribution is -2.58. The lowest BCUT2D eigenvalue weighted by atomic mass is 9.97. The second-order valence-corrected chi connectivity index (χ2v) is 11.2. The molecule has 1 spiro atoms. The number of fused-ring (bicyclic) bond motifs is 1. The first-order valence-electron chi connectivity index (χ1n) is 13.3. The van der Waals surface area contributed by atoms with E-state index in [4.69, 9.17) is 4.74 Å². The summed E-state index contributed by atoms with van der Waals surface area (Å²) in [5, 5.41) is 14.2. The average Bonchev–Trinajstić information content (AvgIpc) is 3.85. The molecule has 1 aromatic heterocycles. The second-order valence-electron chi connectivity index (χ2n) is 11.2. The van der Waals surface area contributed by atoms with Gasteiger partial charge in [0, 0.05) is 19.5 Å². The van der Waals surface area contributed by atoms with Crippen LogP contribution in [-0.4, -0.2) is 81.9 Å². The summed E-state index contributed by atoms with van der Waals surface area (Å²) >= 11 is 0. The molecule has 220 valence electrons. The van der Waals surface area contributed by atoms with Gasteiger partial charge in [-0.25, -0.2) is 9.37 Å². The zero-order valence-corrected chi connectivity index (χ0v) is 22.0. The fourth-order valence-corrected chi connectivity index (χ4v) is 5.36. The van der Waals surface area contributed by atoms with Crippen LogP contribution in [0.4, 0.5) is 23.4 Å². The molecular formula is C26H28F4N6O5. The Morgan fingerprint density at radius 3 is 2.54 bits per heavy atom. The maximum absolute atomic E-state index is 13.9. The highest BCUT2D eigenvalue weighted by molar-refractivity contribution is 6.01. The molecule has 3 fully saturated rings. The molecule has 2 N–H and O–H groups in total. The summed E-state index contributed by atoms with van der Waals surface area (Å²) in [6.45, 7) is -0.384. The van der Waals surface area contributed by atoms with Gasteiger partial charge in [-0.2, -0.15) is 18.4 Å². The lowest BCUT2D eigenvalue weighted by Gasteiger charge is -2.35. The van der Waals surface area contributed by atoms with Gasteiger partial charge >= 0.3 is 12.1 Å². The van der Waals surface area contributed by atoms with Crippen molar-refractivity contribution >= 4 is 29.4 Å². The smallest absolute Gasteiger partial charge is 0.471 e. The van der Waals surface area contributed by atoms with E-state index in [1.165, 1.54) is 7.05 Å². The zero-order valence-electron chi connectivity index (χ0n) is 22.0. The highest BCUT2D eigenvalue weighted by Crippen LogP contribution is 2.41. The normalized spacial score (nSPS) is 24.9. The van der Waals surface area contributed by atoms with Crippen molar-refractivity contribution in [3.05, 3.63) is 18.1 Å². The number of alkyl halides is 3. The molecule has 4 atom stereocenters. The monoisotopic (exact) mass is 580 g/mol. The van der Waals surface area contributed by atoms with Crippen LogP contribution in [0.25, 0.3) is 0 Å². The molecule has 0 bridgehead atoms. The molecule has 41 heavy (non-hydrogen) atoms. The van der Waals surface area contributed by atoms with Gasteiger partial charge in [0.15, 0.2) is 11.6 Å². The molecule has 11 nitrogen and oxygen atoms in total. The van der Waals surface area contributed by atoms with Crippen LogP contribution in [0, 0.1) is 29.0 Å². The maximum Gasteiger partial charge on any atom is 0.471 e. The number of likely N-dealkylation sites (N-methyl/N-ethyl adjacent to an activating group) is 1. The Morgan fingerprint density at radius 2 is 1.93 bits per heavy atom. The number of hydrogen-bond donors (Lipinski definition) is 2. The molecule has 2 aliphatic heterocycles. The van der Waals surface area contributed by atoms with Crippen molar-refractivity contribution in [1.29, 1.82) is 5.26 Å². The Labute approximate surface area is 232 Å². The van der Waals surface area contributed by atoms with E-state index in [0.717, 1.165) is 34.9 Å². The van der Waals surface area contributed by atoms with Crippen LogP contribution < -0.4 is 15.4 Å². The van der Waals surface area contributed by atoms with Crippen LogP contribution in [0.2, 0.25) is 0 Å². The highest BCUT2D eigenvalue weighted by Gasteiger charge is 2.57. The van der Waals surface area contributed by atoms with Crippen molar-refractivity contribution in [2.75, 3.05) is 18.9 Å². The van der Waals surface area contributed by atoms with Crippen molar-refractivity contribution in [3.63, 3.8) is 0 Å². The Balaban J connectivity index is 1.38. The van der Waals surface area contributed by atoms with Gasteiger partial charge in [0.1, 0.15) is 23.9 Å². The minimum atomic E-state index is -5.19. The van der Waals surface area contributed by atoms with Crippen LogP contribution >= 0.6 is 0 Å². The van der Waals surface area contributed by atoms with Crippen LogP contribution in [0.3, 0.4) is 0 Å². The largest absolute Gasteiger partial charge is 0.471 e. The number of amides is 4. The Bertz CT molecular complexity index is 1310. The summed E-state index contributed by atoms with van der Waals surface area (Å²) < 4.78 is 58.7. The van der Waals surface area contributed by atoms with Crippen molar-refractivity contribution in [2.24, 2.45) is 11.8 Å². The number of ether oxygens (including phenoxy) is 1. The van der Waals surface area contributed by atoms with Gasteiger partial charge in [0.05, 0.1) is 18.8 Å². The fraction of sp³-hybridized carbons (Fsp3) is 0.615. The first-order valence-corrected chi connectivity index (χ1v) is 13.3. The predicted octanol–water partition coefficient (Wildman–Crippen LogP) is 1.89. The topological polar surface area (TPSA) is 145 Å². The van der Waals surface area contributed by atoms with E-state index in [9.17, 15) is 42.0 Å². The van der Waals surface area contributed by atoms with E-state index in [-0.39, 0.29) is 49.2 Å². The van der Waals surface area contributed by atoms with E-state index in [1.54, 1.807) is 5.32 Å². The van der Waals surface area contributed by atoms with E-state index < -0.39 is 59.3 Å². The molecule has 2 saturated carbocycles. The first kappa shape index (κ1) is 28.6. The summed E-state index contributed by atoms with van der Waals surface area (Å²) in [6.07, 6.45) is -1.34. The number of halogens is 4. The summed E-state index contributed by atoms with van der Waals surface area (Å²) in [5.74, 6) is -5.19. The molecule has 0 aromatic carbocycles. The van der Waals surface area contributed by atoms with Gasteiger partial charge < -0.3 is 25.2 Å². The molecule has 0 unspecified atom stereocenters. The third-order valence-corrected chi connectivity index (χ3v) is 8.01. The van der Waals surface area contributed by atoms with Crippen LogP contribution in [0.5, 0.6) is 5.75 Å². The molecule has 3 heterocycles. The average molecular weight is 581 g/mol. The van der Waals surface area contributed by atoms with E-state index >= 15 is 0 Å². The molecule has 1 aromatic rings. The van der Waals surface area contributed by atoms with E-state index in [0.29, 0.717) is 12.8 Å². The quantitative estimate of drug-likeness (QED) is 0.447. The third-order valence-electron chi connectivity index (χ3n) is 8.01. The Kier molecular flexibility index (Phi) is 7.29. The van der Waals surface area contributed by atoms with Crippen molar-refractivity contribution in [2.45, 2.75) is 74.8 Å². The maximum atomic E-state index is 13.9. The standard InChI is InChI=1S/C26H28F4N6O5/c1-35(21(37)17(6-13-2-3-13)33-24(40)26(28,29)30)18(7-14-4-5-14)22(38)36-12-25(9-16(36)10-31)23(39)34-20-19(41-25)8-15(27)11-32-20/h8,11,13-14,16-18H,2-7,9,12H2,1H3,(H,33,40)(H,32,34,39)/t16-,17-,18-,25+/m0/s1. The number of nitriles is 1. The van der Waals surface area contributed by atoms with Crippen molar-refractivity contribution in [3.8, 4) is 11.8 Å². The highest BCUT2D eigenvalue weighted by atomic mass is 19.4.